The summed E-state index contributed by atoms with van der Waals surface area (Å²) < 4.78 is 15.0. The Morgan fingerprint density at radius 1 is 1.00 bits per heavy atom. The van der Waals surface area contributed by atoms with E-state index in [1.807, 2.05) is 30.3 Å². The molecule has 1 nitrogen and oxygen atoms in total. The maximum atomic E-state index is 9.70. The molecule has 13 heavy (non-hydrogen) atoms. The van der Waals surface area contributed by atoms with Crippen LogP contribution in [0.3, 0.4) is 0 Å². The Labute approximate surface area is 80.1 Å². The molecule has 0 aliphatic rings. The first-order chi connectivity index (χ1) is 7.18. The van der Waals surface area contributed by atoms with Gasteiger partial charge in [0.15, 0.2) is 0 Å². The van der Waals surface area contributed by atoms with Crippen LogP contribution in [0.15, 0.2) is 54.5 Å². The SMILES string of the molecule is [2H]c1cc([2H])c(O)c(-c2ccccc2)c1. The van der Waals surface area contributed by atoms with Gasteiger partial charge in [0.2, 0.25) is 0 Å². The summed E-state index contributed by atoms with van der Waals surface area (Å²) in [4.78, 5) is 0. The molecule has 0 saturated carbocycles. The van der Waals surface area contributed by atoms with Crippen LogP contribution in [0.4, 0.5) is 0 Å². The van der Waals surface area contributed by atoms with E-state index in [2.05, 4.69) is 0 Å². The Morgan fingerprint density at radius 3 is 2.54 bits per heavy atom. The summed E-state index contributed by atoms with van der Waals surface area (Å²) >= 11 is 0. The molecule has 0 atom stereocenters. The first kappa shape index (κ1) is 5.81. The lowest BCUT2D eigenvalue weighted by molar-refractivity contribution is 0.477. The van der Waals surface area contributed by atoms with E-state index >= 15 is 0 Å². The Bertz CT molecular complexity index is 480. The third kappa shape index (κ3) is 1.54. The molecule has 1 heteroatoms. The number of aromatic hydroxyl groups is 1. The van der Waals surface area contributed by atoms with Crippen LogP contribution in [0.2, 0.25) is 0 Å². The molecule has 0 aliphatic heterocycles. The van der Waals surface area contributed by atoms with E-state index in [0.29, 0.717) is 5.56 Å². The Morgan fingerprint density at radius 2 is 1.77 bits per heavy atom. The van der Waals surface area contributed by atoms with E-state index in [1.54, 1.807) is 6.07 Å². The molecule has 0 spiro atoms. The smallest absolute Gasteiger partial charge is 0.123 e. The van der Waals surface area contributed by atoms with Gasteiger partial charge in [-0.05, 0) is 11.6 Å². The van der Waals surface area contributed by atoms with Crippen molar-refractivity contribution in [1.82, 2.24) is 0 Å². The molecule has 2 rings (SSSR count). The van der Waals surface area contributed by atoms with E-state index in [-0.39, 0.29) is 17.8 Å². The van der Waals surface area contributed by atoms with E-state index < -0.39 is 0 Å². The zero-order chi connectivity index (χ0) is 10.8. The first-order valence-electron chi connectivity index (χ1n) is 5.04. The van der Waals surface area contributed by atoms with Crippen molar-refractivity contribution in [3.63, 3.8) is 0 Å². The van der Waals surface area contributed by atoms with Crippen LogP contribution in [0.5, 0.6) is 5.75 Å². The van der Waals surface area contributed by atoms with Crippen molar-refractivity contribution >= 4 is 0 Å². The summed E-state index contributed by atoms with van der Waals surface area (Å²) in [7, 11) is 0. The molecule has 0 fully saturated rings. The number of phenols is 1. The van der Waals surface area contributed by atoms with Crippen LogP contribution in [-0.4, -0.2) is 5.11 Å². The lowest BCUT2D eigenvalue weighted by Gasteiger charge is -2.02. The summed E-state index contributed by atoms with van der Waals surface area (Å²) in [6.45, 7) is 0. The molecule has 0 aliphatic carbocycles. The summed E-state index contributed by atoms with van der Waals surface area (Å²) in [6, 6.07) is 12.4. The minimum absolute atomic E-state index is 0.0126. The van der Waals surface area contributed by atoms with Crippen molar-refractivity contribution in [2.45, 2.75) is 0 Å². The fraction of sp³-hybridized carbons (Fsp3) is 0. The van der Waals surface area contributed by atoms with Gasteiger partial charge in [-0.15, -0.1) is 0 Å². The van der Waals surface area contributed by atoms with Gasteiger partial charge >= 0.3 is 0 Å². The van der Waals surface area contributed by atoms with Crippen molar-refractivity contribution in [1.29, 1.82) is 0 Å². The summed E-state index contributed by atoms with van der Waals surface area (Å²) in [5, 5.41) is 9.70. The van der Waals surface area contributed by atoms with Gasteiger partial charge in [0, 0.05) is 5.56 Å². The number of hydrogen-bond donors (Lipinski definition) is 1. The van der Waals surface area contributed by atoms with Crippen molar-refractivity contribution in [3.8, 4) is 16.9 Å². The first-order valence-corrected chi connectivity index (χ1v) is 4.04. The molecule has 2 aromatic carbocycles. The molecule has 2 aromatic rings. The highest BCUT2D eigenvalue weighted by Gasteiger charge is 2.00. The highest BCUT2D eigenvalue weighted by Crippen LogP contribution is 2.27. The molecular weight excluding hydrogens is 160 g/mol. The van der Waals surface area contributed by atoms with Crippen LogP contribution in [-0.2, 0) is 0 Å². The van der Waals surface area contributed by atoms with Gasteiger partial charge in [-0.3, -0.25) is 0 Å². The minimum atomic E-state index is -0.0720. The Hall–Kier alpha value is -1.76. The van der Waals surface area contributed by atoms with Gasteiger partial charge in [0.05, 0.1) is 2.74 Å². The topological polar surface area (TPSA) is 20.2 Å². The highest BCUT2D eigenvalue weighted by molar-refractivity contribution is 5.69. The fourth-order valence-electron chi connectivity index (χ4n) is 1.22. The zero-order valence-electron chi connectivity index (χ0n) is 8.99. The van der Waals surface area contributed by atoms with E-state index in [0.717, 1.165) is 5.56 Å². The predicted molar refractivity (Wildman–Crippen MR) is 53.5 cm³/mol. The van der Waals surface area contributed by atoms with Crippen LogP contribution in [0.1, 0.15) is 2.74 Å². The number of phenolic OH excluding ortho intramolecular Hbond substituents is 1. The Kier molecular flexibility index (Phi) is 1.48. The predicted octanol–water partition coefficient (Wildman–Crippen LogP) is 3.06. The van der Waals surface area contributed by atoms with Gasteiger partial charge in [-0.2, -0.15) is 0 Å². The molecule has 1 N–H and O–H groups in total. The average Bonchev–Trinajstić information content (AvgIpc) is 2.24. The fourth-order valence-corrected chi connectivity index (χ4v) is 1.22. The van der Waals surface area contributed by atoms with Gasteiger partial charge in [-0.1, -0.05) is 48.5 Å². The van der Waals surface area contributed by atoms with E-state index in [1.165, 1.54) is 6.07 Å². The molecule has 0 aromatic heterocycles. The molecule has 0 bridgehead atoms. The lowest BCUT2D eigenvalue weighted by Crippen LogP contribution is -1.76. The minimum Gasteiger partial charge on any atom is -0.507 e. The molecule has 0 radical (unpaired) electrons. The lowest BCUT2D eigenvalue weighted by atomic mass is 10.1. The highest BCUT2D eigenvalue weighted by atomic mass is 16.3. The van der Waals surface area contributed by atoms with E-state index in [9.17, 15) is 5.11 Å². The number of hydrogen-bond acceptors (Lipinski definition) is 1. The van der Waals surface area contributed by atoms with Crippen molar-refractivity contribution < 1.29 is 7.85 Å². The largest absolute Gasteiger partial charge is 0.507 e. The average molecular weight is 172 g/mol. The second kappa shape index (κ2) is 3.31. The van der Waals surface area contributed by atoms with Crippen LogP contribution < -0.4 is 0 Å². The third-order valence-electron chi connectivity index (χ3n) is 1.86. The number of rotatable bonds is 1. The third-order valence-corrected chi connectivity index (χ3v) is 1.86. The van der Waals surface area contributed by atoms with Crippen LogP contribution >= 0.6 is 0 Å². The molecule has 0 unspecified atom stereocenters. The maximum Gasteiger partial charge on any atom is 0.123 e. The standard InChI is InChI=1S/C12H10O/c13-12-9-5-4-8-11(12)10-6-2-1-3-7-10/h1-9,13H/i4D,9D. The molecule has 0 amide bonds. The molecular formula is C12H10O. The monoisotopic (exact) mass is 172 g/mol. The summed E-state index contributed by atoms with van der Waals surface area (Å²) in [5.41, 5.74) is 1.35. The number of para-hydroxylation sites is 1. The molecule has 64 valence electrons. The summed E-state index contributed by atoms with van der Waals surface area (Å²) in [5.74, 6) is -0.0720. The maximum absolute atomic E-state index is 9.70. The summed E-state index contributed by atoms with van der Waals surface area (Å²) in [6.07, 6.45) is 0. The van der Waals surface area contributed by atoms with Gasteiger partial charge < -0.3 is 5.11 Å². The van der Waals surface area contributed by atoms with E-state index in [4.69, 9.17) is 2.74 Å². The normalized spacial score (nSPS) is 12.0. The van der Waals surface area contributed by atoms with Crippen LogP contribution in [0, 0.1) is 0 Å². The van der Waals surface area contributed by atoms with Crippen molar-refractivity contribution in [3.05, 3.63) is 54.5 Å². The quantitative estimate of drug-likeness (QED) is 0.700. The van der Waals surface area contributed by atoms with Crippen molar-refractivity contribution in [2.24, 2.45) is 0 Å². The van der Waals surface area contributed by atoms with Crippen LogP contribution in [0.25, 0.3) is 11.1 Å². The van der Waals surface area contributed by atoms with Gasteiger partial charge in [-0.25, -0.2) is 0 Å². The van der Waals surface area contributed by atoms with Gasteiger partial charge in [0.25, 0.3) is 0 Å². The zero-order valence-corrected chi connectivity index (χ0v) is 6.99. The number of benzene rings is 2. The second-order valence-electron chi connectivity index (χ2n) is 2.73. The Balaban J connectivity index is 2.63. The van der Waals surface area contributed by atoms with Gasteiger partial charge in [0.1, 0.15) is 5.75 Å². The second-order valence-corrected chi connectivity index (χ2v) is 2.73. The molecule has 0 heterocycles. The molecule has 0 saturated heterocycles. The van der Waals surface area contributed by atoms with Crippen molar-refractivity contribution in [2.75, 3.05) is 0 Å².